The predicted molar refractivity (Wildman–Crippen MR) is 76.7 cm³/mol. The van der Waals surface area contributed by atoms with Crippen LogP contribution in [0.15, 0.2) is 18.2 Å². The van der Waals surface area contributed by atoms with Crippen molar-refractivity contribution in [2.24, 2.45) is 11.8 Å². The highest BCUT2D eigenvalue weighted by atomic mass is 19.1. The van der Waals surface area contributed by atoms with Crippen LogP contribution < -0.4 is 0 Å². The van der Waals surface area contributed by atoms with Crippen molar-refractivity contribution in [2.75, 3.05) is 0 Å². The number of hydrogen-bond acceptors (Lipinski definition) is 1. The van der Waals surface area contributed by atoms with E-state index < -0.39 is 0 Å². The molecule has 0 aliphatic heterocycles. The van der Waals surface area contributed by atoms with Crippen LogP contribution in [0.3, 0.4) is 0 Å². The lowest BCUT2D eigenvalue weighted by Gasteiger charge is -2.42. The summed E-state index contributed by atoms with van der Waals surface area (Å²) in [5.74, 6) is 0.711. The molecule has 2 rings (SSSR count). The standard InChI is InChI=1S/C17H25FO/c1-11-5-7-14(16(19)9-11)17(3,4)13-6-8-15(18)12(2)10-13/h6,8,10-11,14,16,19H,5,7,9H2,1-4H3. The summed E-state index contributed by atoms with van der Waals surface area (Å²) in [6, 6.07) is 5.34. The zero-order chi connectivity index (χ0) is 14.2. The summed E-state index contributed by atoms with van der Waals surface area (Å²) in [5.41, 5.74) is 1.70. The molecular formula is C17H25FO. The van der Waals surface area contributed by atoms with Gasteiger partial charge in [-0.05, 0) is 54.2 Å². The largest absolute Gasteiger partial charge is 0.393 e. The first-order chi connectivity index (χ1) is 8.82. The van der Waals surface area contributed by atoms with E-state index in [1.807, 2.05) is 12.1 Å². The van der Waals surface area contributed by atoms with Gasteiger partial charge in [0.05, 0.1) is 6.10 Å². The van der Waals surface area contributed by atoms with E-state index in [0.29, 0.717) is 11.5 Å². The Morgan fingerprint density at radius 2 is 1.95 bits per heavy atom. The first-order valence-electron chi connectivity index (χ1n) is 7.27. The number of rotatable bonds is 2. The number of aryl methyl sites for hydroxylation is 1. The Morgan fingerprint density at radius 1 is 1.26 bits per heavy atom. The van der Waals surface area contributed by atoms with Crippen LogP contribution in [-0.2, 0) is 5.41 Å². The minimum absolute atomic E-state index is 0.113. The number of benzene rings is 1. The van der Waals surface area contributed by atoms with Crippen molar-refractivity contribution >= 4 is 0 Å². The van der Waals surface area contributed by atoms with Gasteiger partial charge in [-0.25, -0.2) is 4.39 Å². The lowest BCUT2D eigenvalue weighted by molar-refractivity contribution is 0.0143. The number of hydrogen-bond donors (Lipinski definition) is 1. The quantitative estimate of drug-likeness (QED) is 0.848. The van der Waals surface area contributed by atoms with Gasteiger partial charge in [-0.1, -0.05) is 39.3 Å². The summed E-state index contributed by atoms with van der Waals surface area (Å²) < 4.78 is 13.4. The molecule has 1 fully saturated rings. The third-order valence-corrected chi connectivity index (χ3v) is 4.91. The lowest BCUT2D eigenvalue weighted by Crippen LogP contribution is -2.41. The van der Waals surface area contributed by atoms with Crippen molar-refractivity contribution in [1.29, 1.82) is 0 Å². The van der Waals surface area contributed by atoms with Crippen molar-refractivity contribution in [3.05, 3.63) is 35.1 Å². The average molecular weight is 264 g/mol. The van der Waals surface area contributed by atoms with Gasteiger partial charge in [0, 0.05) is 0 Å². The van der Waals surface area contributed by atoms with Crippen LogP contribution in [-0.4, -0.2) is 11.2 Å². The predicted octanol–water partition coefficient (Wildman–Crippen LogP) is 4.21. The van der Waals surface area contributed by atoms with Crippen LogP contribution in [0, 0.1) is 24.6 Å². The number of halogens is 1. The highest BCUT2D eigenvalue weighted by molar-refractivity contribution is 5.30. The topological polar surface area (TPSA) is 20.2 Å². The summed E-state index contributed by atoms with van der Waals surface area (Å²) in [4.78, 5) is 0. The summed E-state index contributed by atoms with van der Waals surface area (Å²) in [6.07, 6.45) is 2.86. The Balaban J connectivity index is 2.28. The summed E-state index contributed by atoms with van der Waals surface area (Å²) in [6.45, 7) is 8.34. The first-order valence-corrected chi connectivity index (χ1v) is 7.27. The molecule has 0 heterocycles. The molecule has 0 saturated heterocycles. The van der Waals surface area contributed by atoms with E-state index >= 15 is 0 Å². The maximum Gasteiger partial charge on any atom is 0.126 e. The summed E-state index contributed by atoms with van der Waals surface area (Å²) in [5, 5.41) is 10.4. The monoisotopic (exact) mass is 264 g/mol. The van der Waals surface area contributed by atoms with Gasteiger partial charge in [-0.3, -0.25) is 0 Å². The molecule has 2 heteroatoms. The van der Waals surface area contributed by atoms with Gasteiger partial charge in [0.15, 0.2) is 0 Å². The maximum absolute atomic E-state index is 13.4. The van der Waals surface area contributed by atoms with Crippen molar-refractivity contribution in [2.45, 2.75) is 58.5 Å². The number of aliphatic hydroxyl groups excluding tert-OH is 1. The Bertz CT molecular complexity index is 453. The van der Waals surface area contributed by atoms with Gasteiger partial charge in [0.25, 0.3) is 0 Å². The van der Waals surface area contributed by atoms with Gasteiger partial charge < -0.3 is 5.11 Å². The van der Waals surface area contributed by atoms with Crippen LogP contribution in [0.2, 0.25) is 0 Å². The fraction of sp³-hybridized carbons (Fsp3) is 0.647. The van der Waals surface area contributed by atoms with Crippen LogP contribution in [0.5, 0.6) is 0 Å². The molecule has 1 aliphatic carbocycles. The molecule has 0 spiro atoms. The van der Waals surface area contributed by atoms with Crippen LogP contribution >= 0.6 is 0 Å². The zero-order valence-electron chi connectivity index (χ0n) is 12.4. The molecule has 0 bridgehead atoms. The maximum atomic E-state index is 13.4. The first kappa shape index (κ1) is 14.5. The van der Waals surface area contributed by atoms with Gasteiger partial charge >= 0.3 is 0 Å². The molecule has 1 saturated carbocycles. The molecular weight excluding hydrogens is 239 g/mol. The van der Waals surface area contributed by atoms with Gasteiger partial charge in [0.2, 0.25) is 0 Å². The van der Waals surface area contributed by atoms with E-state index in [9.17, 15) is 9.50 Å². The minimum atomic E-state index is -0.246. The van der Waals surface area contributed by atoms with E-state index in [4.69, 9.17) is 0 Å². The van der Waals surface area contributed by atoms with Crippen molar-refractivity contribution in [3.63, 3.8) is 0 Å². The zero-order valence-corrected chi connectivity index (χ0v) is 12.4. The molecule has 3 atom stereocenters. The van der Waals surface area contributed by atoms with E-state index in [1.54, 1.807) is 13.0 Å². The smallest absolute Gasteiger partial charge is 0.126 e. The Morgan fingerprint density at radius 3 is 2.53 bits per heavy atom. The molecule has 1 aliphatic rings. The van der Waals surface area contributed by atoms with E-state index in [-0.39, 0.29) is 23.3 Å². The van der Waals surface area contributed by atoms with Crippen molar-refractivity contribution in [1.82, 2.24) is 0 Å². The van der Waals surface area contributed by atoms with E-state index in [1.165, 1.54) is 6.42 Å². The Hall–Kier alpha value is -0.890. The second-order valence-electron chi connectivity index (χ2n) is 6.78. The minimum Gasteiger partial charge on any atom is -0.393 e. The average Bonchev–Trinajstić information content (AvgIpc) is 2.32. The molecule has 1 N–H and O–H groups in total. The molecule has 1 aromatic rings. The van der Waals surface area contributed by atoms with Crippen molar-refractivity contribution < 1.29 is 9.50 Å². The van der Waals surface area contributed by atoms with Crippen LogP contribution in [0.25, 0.3) is 0 Å². The molecule has 3 unspecified atom stereocenters. The molecule has 19 heavy (non-hydrogen) atoms. The molecule has 1 nitrogen and oxygen atoms in total. The molecule has 1 aromatic carbocycles. The lowest BCUT2D eigenvalue weighted by atomic mass is 9.64. The van der Waals surface area contributed by atoms with Crippen LogP contribution in [0.4, 0.5) is 4.39 Å². The molecule has 106 valence electrons. The SMILES string of the molecule is Cc1cc(C(C)(C)C2CCC(C)CC2O)ccc1F. The highest BCUT2D eigenvalue weighted by Crippen LogP contribution is 2.42. The second-order valence-corrected chi connectivity index (χ2v) is 6.78. The van der Waals surface area contributed by atoms with Crippen LogP contribution in [0.1, 0.15) is 51.2 Å². The fourth-order valence-electron chi connectivity index (χ4n) is 3.45. The van der Waals surface area contributed by atoms with Gasteiger partial charge in [-0.2, -0.15) is 0 Å². The third kappa shape index (κ3) is 2.84. The normalized spacial score (nSPS) is 28.4. The fourth-order valence-corrected chi connectivity index (χ4v) is 3.45. The summed E-state index contributed by atoms with van der Waals surface area (Å²) >= 11 is 0. The third-order valence-electron chi connectivity index (χ3n) is 4.91. The Kier molecular flexibility index (Phi) is 4.00. The van der Waals surface area contributed by atoms with Gasteiger partial charge in [-0.15, -0.1) is 0 Å². The van der Waals surface area contributed by atoms with E-state index in [2.05, 4.69) is 20.8 Å². The highest BCUT2D eigenvalue weighted by Gasteiger charge is 2.39. The molecule has 0 aromatic heterocycles. The second kappa shape index (κ2) is 5.24. The number of aliphatic hydroxyl groups is 1. The Labute approximate surface area is 115 Å². The van der Waals surface area contributed by atoms with Crippen molar-refractivity contribution in [3.8, 4) is 0 Å². The molecule has 0 radical (unpaired) electrons. The van der Waals surface area contributed by atoms with Gasteiger partial charge in [0.1, 0.15) is 5.82 Å². The summed E-state index contributed by atoms with van der Waals surface area (Å²) in [7, 11) is 0. The van der Waals surface area contributed by atoms with E-state index in [0.717, 1.165) is 18.4 Å². The molecule has 0 amide bonds.